The highest BCUT2D eigenvalue weighted by Crippen LogP contribution is 2.33. The van der Waals surface area contributed by atoms with Crippen molar-refractivity contribution in [2.24, 2.45) is 0 Å². The molecule has 17 heavy (non-hydrogen) atoms. The summed E-state index contributed by atoms with van der Waals surface area (Å²) in [6, 6.07) is 3.65. The van der Waals surface area contributed by atoms with E-state index in [4.69, 9.17) is 8.94 Å². The second-order valence-electron chi connectivity index (χ2n) is 4.46. The molecule has 3 rings (SSSR count). The molecule has 2 aromatic rings. The zero-order valence-corrected chi connectivity index (χ0v) is 9.77. The molecule has 0 radical (unpaired) electrons. The third-order valence-corrected chi connectivity index (χ3v) is 3.54. The lowest BCUT2D eigenvalue weighted by Gasteiger charge is -2.20. The summed E-state index contributed by atoms with van der Waals surface area (Å²) < 4.78 is 10.7. The molecule has 1 atom stereocenters. The largest absolute Gasteiger partial charge is 0.461 e. The molecular formula is C12H15N3O2. The predicted octanol–water partition coefficient (Wildman–Crippen LogP) is 1.97. The quantitative estimate of drug-likeness (QED) is 0.878. The van der Waals surface area contributed by atoms with Crippen LogP contribution < -0.4 is 5.32 Å². The minimum Gasteiger partial charge on any atom is -0.461 e. The van der Waals surface area contributed by atoms with Crippen LogP contribution in [-0.2, 0) is 5.41 Å². The van der Waals surface area contributed by atoms with Gasteiger partial charge in [-0.3, -0.25) is 0 Å². The fourth-order valence-corrected chi connectivity index (χ4v) is 2.32. The Morgan fingerprint density at radius 1 is 1.53 bits per heavy atom. The number of hydrogen-bond donors (Lipinski definition) is 1. The molecule has 1 fully saturated rings. The van der Waals surface area contributed by atoms with Crippen molar-refractivity contribution in [1.29, 1.82) is 0 Å². The maximum absolute atomic E-state index is 5.41. The van der Waals surface area contributed by atoms with Crippen molar-refractivity contribution < 1.29 is 8.94 Å². The summed E-state index contributed by atoms with van der Waals surface area (Å²) in [6.07, 6.45) is 3.65. The van der Waals surface area contributed by atoms with Crippen molar-refractivity contribution in [2.45, 2.75) is 25.2 Å². The molecule has 5 nitrogen and oxygen atoms in total. The molecule has 90 valence electrons. The Labute approximate surface area is 99.2 Å². The van der Waals surface area contributed by atoms with Crippen LogP contribution in [0, 0.1) is 0 Å². The van der Waals surface area contributed by atoms with E-state index < -0.39 is 0 Å². The summed E-state index contributed by atoms with van der Waals surface area (Å²) in [5, 5.41) is 7.34. The van der Waals surface area contributed by atoms with E-state index in [1.165, 1.54) is 0 Å². The molecule has 1 aliphatic heterocycles. The van der Waals surface area contributed by atoms with Crippen LogP contribution in [0.4, 0.5) is 0 Å². The molecule has 0 saturated carbocycles. The Morgan fingerprint density at radius 2 is 2.47 bits per heavy atom. The van der Waals surface area contributed by atoms with Crippen LogP contribution in [0.15, 0.2) is 27.3 Å². The van der Waals surface area contributed by atoms with Crippen LogP contribution in [0.25, 0.3) is 11.6 Å². The summed E-state index contributed by atoms with van der Waals surface area (Å²) in [5.74, 6) is 1.90. The van der Waals surface area contributed by atoms with Gasteiger partial charge in [-0.05, 0) is 31.5 Å². The van der Waals surface area contributed by atoms with Crippen molar-refractivity contribution in [3.05, 3.63) is 24.3 Å². The molecule has 0 bridgehead atoms. The summed E-state index contributed by atoms with van der Waals surface area (Å²) >= 11 is 0. The average Bonchev–Trinajstić information content (AvgIpc) is 3.10. The first kappa shape index (κ1) is 10.5. The number of hydrogen-bond acceptors (Lipinski definition) is 5. The topological polar surface area (TPSA) is 64.1 Å². The second kappa shape index (κ2) is 4.00. The Hall–Kier alpha value is -1.62. The Kier molecular flexibility index (Phi) is 2.48. The third kappa shape index (κ3) is 1.67. The van der Waals surface area contributed by atoms with Gasteiger partial charge in [-0.1, -0.05) is 12.1 Å². The third-order valence-electron chi connectivity index (χ3n) is 3.54. The molecular weight excluding hydrogens is 218 g/mol. The molecule has 1 saturated heterocycles. The predicted molar refractivity (Wildman–Crippen MR) is 61.5 cm³/mol. The van der Waals surface area contributed by atoms with Crippen molar-refractivity contribution >= 4 is 0 Å². The zero-order chi connectivity index (χ0) is 11.7. The van der Waals surface area contributed by atoms with E-state index in [1.807, 2.05) is 12.1 Å². The zero-order valence-electron chi connectivity index (χ0n) is 9.77. The van der Waals surface area contributed by atoms with Crippen molar-refractivity contribution in [3.63, 3.8) is 0 Å². The number of aromatic nitrogens is 2. The standard InChI is InChI=1S/C12H15N3O2/c1-2-12(5-6-13-8-12)11-14-10(15-17-11)9-4-3-7-16-9/h3-4,7,13H,2,5-6,8H2,1H3. The van der Waals surface area contributed by atoms with Gasteiger partial charge >= 0.3 is 0 Å². The number of rotatable bonds is 3. The molecule has 1 N–H and O–H groups in total. The van der Waals surface area contributed by atoms with Gasteiger partial charge in [0, 0.05) is 6.54 Å². The molecule has 0 aliphatic carbocycles. The molecule has 0 spiro atoms. The number of furan rings is 1. The highest BCUT2D eigenvalue weighted by molar-refractivity contribution is 5.45. The van der Waals surface area contributed by atoms with Crippen molar-refractivity contribution in [3.8, 4) is 11.6 Å². The maximum atomic E-state index is 5.41. The number of nitrogens with one attached hydrogen (secondary N) is 1. The van der Waals surface area contributed by atoms with Crippen molar-refractivity contribution in [2.75, 3.05) is 13.1 Å². The summed E-state index contributed by atoms with van der Waals surface area (Å²) in [7, 11) is 0. The molecule has 1 aliphatic rings. The van der Waals surface area contributed by atoms with Crippen LogP contribution in [0.1, 0.15) is 25.7 Å². The first-order valence-corrected chi connectivity index (χ1v) is 5.93. The van der Waals surface area contributed by atoms with Crippen LogP contribution in [-0.4, -0.2) is 23.2 Å². The van der Waals surface area contributed by atoms with Gasteiger partial charge in [0.25, 0.3) is 0 Å². The van der Waals surface area contributed by atoms with Crippen molar-refractivity contribution in [1.82, 2.24) is 15.5 Å². The lowest BCUT2D eigenvalue weighted by Crippen LogP contribution is -2.28. The smallest absolute Gasteiger partial charge is 0.238 e. The second-order valence-corrected chi connectivity index (χ2v) is 4.46. The highest BCUT2D eigenvalue weighted by atomic mass is 16.5. The highest BCUT2D eigenvalue weighted by Gasteiger charge is 2.39. The van der Waals surface area contributed by atoms with Gasteiger partial charge < -0.3 is 14.3 Å². The molecule has 1 unspecified atom stereocenters. The molecule has 0 aromatic carbocycles. The minimum atomic E-state index is -0.00214. The Bertz CT molecular complexity index is 484. The first-order chi connectivity index (χ1) is 8.34. The van der Waals surface area contributed by atoms with Crippen LogP contribution >= 0.6 is 0 Å². The fourth-order valence-electron chi connectivity index (χ4n) is 2.32. The van der Waals surface area contributed by atoms with E-state index in [-0.39, 0.29) is 5.41 Å². The maximum Gasteiger partial charge on any atom is 0.238 e. The van der Waals surface area contributed by atoms with Crippen LogP contribution in [0.2, 0.25) is 0 Å². The van der Waals surface area contributed by atoms with Gasteiger partial charge in [-0.2, -0.15) is 4.98 Å². The normalized spacial score (nSPS) is 24.3. The number of nitrogens with zero attached hydrogens (tertiary/aromatic N) is 2. The monoisotopic (exact) mass is 233 g/mol. The SMILES string of the molecule is CCC1(c2nc(-c3ccco3)no2)CCNC1. The van der Waals surface area contributed by atoms with Gasteiger partial charge in [-0.15, -0.1) is 0 Å². The van der Waals surface area contributed by atoms with Crippen LogP contribution in [0.5, 0.6) is 0 Å². The van der Waals surface area contributed by atoms with Gasteiger partial charge in [0.05, 0.1) is 11.7 Å². The summed E-state index contributed by atoms with van der Waals surface area (Å²) in [4.78, 5) is 4.47. The lowest BCUT2D eigenvalue weighted by atomic mass is 9.84. The molecule has 5 heteroatoms. The fraction of sp³-hybridized carbons (Fsp3) is 0.500. The first-order valence-electron chi connectivity index (χ1n) is 5.93. The van der Waals surface area contributed by atoms with E-state index in [0.717, 1.165) is 31.8 Å². The molecule has 2 aromatic heterocycles. The van der Waals surface area contributed by atoms with Crippen LogP contribution in [0.3, 0.4) is 0 Å². The van der Waals surface area contributed by atoms with Gasteiger partial charge in [0.1, 0.15) is 0 Å². The van der Waals surface area contributed by atoms with Gasteiger partial charge in [0.15, 0.2) is 5.76 Å². The summed E-state index contributed by atoms with van der Waals surface area (Å²) in [6.45, 7) is 4.07. The minimum absolute atomic E-state index is 0.00214. The molecule has 3 heterocycles. The lowest BCUT2D eigenvalue weighted by molar-refractivity contribution is 0.285. The Balaban J connectivity index is 1.94. The van der Waals surface area contributed by atoms with E-state index in [1.54, 1.807) is 6.26 Å². The van der Waals surface area contributed by atoms with E-state index >= 15 is 0 Å². The summed E-state index contributed by atoms with van der Waals surface area (Å²) in [5.41, 5.74) is -0.00214. The van der Waals surface area contributed by atoms with E-state index in [0.29, 0.717) is 11.6 Å². The van der Waals surface area contributed by atoms with Gasteiger partial charge in [0.2, 0.25) is 11.7 Å². The van der Waals surface area contributed by atoms with E-state index in [2.05, 4.69) is 22.4 Å². The van der Waals surface area contributed by atoms with Gasteiger partial charge in [-0.25, -0.2) is 0 Å². The van der Waals surface area contributed by atoms with E-state index in [9.17, 15) is 0 Å². The Morgan fingerprint density at radius 3 is 3.12 bits per heavy atom. The average molecular weight is 233 g/mol. The molecule has 0 amide bonds.